The van der Waals surface area contributed by atoms with Gasteiger partial charge in [0.2, 0.25) is 0 Å². The lowest BCUT2D eigenvalue weighted by atomic mass is 10.3. The van der Waals surface area contributed by atoms with Crippen molar-refractivity contribution in [2.45, 2.75) is 26.3 Å². The van der Waals surface area contributed by atoms with Gasteiger partial charge in [0.1, 0.15) is 22.7 Å². The van der Waals surface area contributed by atoms with Crippen LogP contribution in [0.1, 0.15) is 19.2 Å². The van der Waals surface area contributed by atoms with Crippen LogP contribution in [0.15, 0.2) is 22.3 Å². The molecule has 6 nitrogen and oxygen atoms in total. The van der Waals surface area contributed by atoms with Crippen molar-refractivity contribution in [3.05, 3.63) is 33.7 Å². The Bertz CT molecular complexity index is 875. The Labute approximate surface area is 124 Å². The number of ether oxygens (including phenoxy) is 1. The molecule has 0 aliphatic rings. The van der Waals surface area contributed by atoms with Crippen molar-refractivity contribution in [3.8, 4) is 0 Å². The summed E-state index contributed by atoms with van der Waals surface area (Å²) in [5.41, 5.74) is 0.280. The van der Waals surface area contributed by atoms with Crippen LogP contribution < -0.4 is 5.56 Å². The molecule has 0 amide bonds. The fraction of sp³-hybridized carbons (Fsp3) is 0.357. The molecule has 3 aromatic heterocycles. The molecule has 3 rings (SSSR count). The van der Waals surface area contributed by atoms with Crippen molar-refractivity contribution in [2.75, 3.05) is 7.11 Å². The summed E-state index contributed by atoms with van der Waals surface area (Å²) in [6, 6.07) is 3.83. The Morgan fingerprint density at radius 3 is 3.00 bits per heavy atom. The molecule has 3 aromatic rings. The molecule has 7 heteroatoms. The van der Waals surface area contributed by atoms with Crippen LogP contribution in [0.2, 0.25) is 0 Å². The van der Waals surface area contributed by atoms with E-state index in [2.05, 4.69) is 16.8 Å². The van der Waals surface area contributed by atoms with Gasteiger partial charge in [0.05, 0.1) is 7.11 Å². The van der Waals surface area contributed by atoms with Gasteiger partial charge in [0, 0.05) is 11.8 Å². The van der Waals surface area contributed by atoms with Gasteiger partial charge in [-0.05, 0) is 23.9 Å². The number of fused-ring (bicyclic) bond motifs is 3. The number of aromatic nitrogens is 3. The highest BCUT2D eigenvalue weighted by Gasteiger charge is 2.16. The largest absolute Gasteiger partial charge is 0.468 e. The Hall–Kier alpha value is -2.15. The minimum atomic E-state index is -0.482. The van der Waals surface area contributed by atoms with Crippen LogP contribution >= 0.6 is 11.3 Å². The number of carbonyl (C=O) groups is 1. The first-order chi connectivity index (χ1) is 10.2. The summed E-state index contributed by atoms with van der Waals surface area (Å²) in [7, 11) is 1.30. The van der Waals surface area contributed by atoms with Gasteiger partial charge in [0.15, 0.2) is 0 Å². The van der Waals surface area contributed by atoms with Gasteiger partial charge in [0.25, 0.3) is 5.56 Å². The van der Waals surface area contributed by atoms with Crippen molar-refractivity contribution >= 4 is 33.0 Å². The van der Waals surface area contributed by atoms with Gasteiger partial charge in [-0.3, -0.25) is 14.0 Å². The molecule has 0 bridgehead atoms. The Kier molecular flexibility index (Phi) is 3.50. The van der Waals surface area contributed by atoms with E-state index in [0.29, 0.717) is 5.52 Å². The van der Waals surface area contributed by atoms with E-state index in [0.717, 1.165) is 28.9 Å². The molecule has 0 aliphatic carbocycles. The topological polar surface area (TPSA) is 65.6 Å². The van der Waals surface area contributed by atoms with Crippen LogP contribution in [0.3, 0.4) is 0 Å². The Morgan fingerprint density at radius 1 is 1.48 bits per heavy atom. The number of aryl methyl sites for hydroxylation is 1. The van der Waals surface area contributed by atoms with Crippen LogP contribution in [0.5, 0.6) is 0 Å². The molecule has 0 N–H and O–H groups in total. The zero-order chi connectivity index (χ0) is 15.0. The number of hydrogen-bond acceptors (Lipinski definition) is 5. The minimum absolute atomic E-state index is 0.165. The summed E-state index contributed by atoms with van der Waals surface area (Å²) in [5, 5.41) is 7.37. The Balaban J connectivity index is 2.29. The molecule has 0 spiro atoms. The zero-order valence-electron chi connectivity index (χ0n) is 11.8. The molecule has 0 saturated heterocycles. The standard InChI is InChI=1S/C14H15N3O3S/c1-3-4-11-15-16(8-12(18)20-2)13(19)10-7-9-5-6-21-14(9)17(10)11/h5-7H,3-4,8H2,1-2H3. The molecule has 0 saturated carbocycles. The summed E-state index contributed by atoms with van der Waals surface area (Å²) < 4.78 is 7.71. The monoisotopic (exact) mass is 305 g/mol. The molecule has 3 heterocycles. The lowest BCUT2D eigenvalue weighted by Crippen LogP contribution is -2.30. The van der Waals surface area contributed by atoms with E-state index in [1.165, 1.54) is 11.8 Å². The van der Waals surface area contributed by atoms with Crippen LogP contribution in [0, 0.1) is 0 Å². The third-order valence-corrected chi connectivity index (χ3v) is 4.25. The maximum absolute atomic E-state index is 12.5. The summed E-state index contributed by atoms with van der Waals surface area (Å²) in [4.78, 5) is 24.9. The maximum atomic E-state index is 12.5. The molecule has 0 unspecified atom stereocenters. The molecule has 21 heavy (non-hydrogen) atoms. The van der Waals surface area contributed by atoms with Gasteiger partial charge in [-0.2, -0.15) is 5.10 Å². The van der Waals surface area contributed by atoms with Gasteiger partial charge in [-0.25, -0.2) is 4.68 Å². The minimum Gasteiger partial charge on any atom is -0.468 e. The van der Waals surface area contributed by atoms with E-state index < -0.39 is 5.97 Å². The highest BCUT2D eigenvalue weighted by atomic mass is 32.1. The van der Waals surface area contributed by atoms with Crippen molar-refractivity contribution in [1.29, 1.82) is 0 Å². The predicted octanol–water partition coefficient (Wildman–Crippen LogP) is 1.84. The molecule has 110 valence electrons. The van der Waals surface area contributed by atoms with E-state index in [-0.39, 0.29) is 12.1 Å². The van der Waals surface area contributed by atoms with E-state index in [1.807, 2.05) is 21.9 Å². The first-order valence-corrected chi connectivity index (χ1v) is 7.59. The van der Waals surface area contributed by atoms with Crippen molar-refractivity contribution in [2.24, 2.45) is 0 Å². The summed E-state index contributed by atoms with van der Waals surface area (Å²) in [6.45, 7) is 1.89. The molecular weight excluding hydrogens is 290 g/mol. The zero-order valence-corrected chi connectivity index (χ0v) is 12.6. The lowest BCUT2D eigenvalue weighted by molar-refractivity contribution is -0.141. The number of rotatable bonds is 4. The Morgan fingerprint density at radius 2 is 2.29 bits per heavy atom. The van der Waals surface area contributed by atoms with Crippen LogP contribution in [0.4, 0.5) is 0 Å². The summed E-state index contributed by atoms with van der Waals surface area (Å²) >= 11 is 1.58. The third kappa shape index (κ3) is 2.23. The molecule has 0 fully saturated rings. The van der Waals surface area contributed by atoms with Crippen molar-refractivity contribution in [3.63, 3.8) is 0 Å². The lowest BCUT2D eigenvalue weighted by Gasteiger charge is -2.09. The van der Waals surface area contributed by atoms with Gasteiger partial charge < -0.3 is 4.74 Å². The van der Waals surface area contributed by atoms with Crippen LogP contribution in [-0.4, -0.2) is 27.3 Å². The average Bonchev–Trinajstić information content (AvgIpc) is 3.04. The van der Waals surface area contributed by atoms with Crippen LogP contribution in [-0.2, 0) is 22.5 Å². The van der Waals surface area contributed by atoms with Crippen molar-refractivity contribution in [1.82, 2.24) is 14.2 Å². The molecule has 0 atom stereocenters. The first-order valence-electron chi connectivity index (χ1n) is 6.71. The quantitative estimate of drug-likeness (QED) is 0.690. The van der Waals surface area contributed by atoms with Gasteiger partial charge in [-0.15, -0.1) is 11.3 Å². The fourth-order valence-corrected chi connectivity index (χ4v) is 3.29. The van der Waals surface area contributed by atoms with E-state index >= 15 is 0 Å². The number of carbonyl (C=O) groups excluding carboxylic acids is 1. The normalized spacial score (nSPS) is 11.3. The smallest absolute Gasteiger partial charge is 0.327 e. The molecule has 0 radical (unpaired) electrons. The van der Waals surface area contributed by atoms with Gasteiger partial charge in [-0.1, -0.05) is 6.92 Å². The predicted molar refractivity (Wildman–Crippen MR) is 80.8 cm³/mol. The highest BCUT2D eigenvalue weighted by Crippen LogP contribution is 2.24. The molecule has 0 aromatic carbocycles. The highest BCUT2D eigenvalue weighted by molar-refractivity contribution is 7.16. The maximum Gasteiger partial charge on any atom is 0.327 e. The number of thiophene rings is 1. The second-order valence-corrected chi connectivity index (χ2v) is 5.65. The first kappa shape index (κ1) is 13.8. The number of hydrogen-bond donors (Lipinski definition) is 0. The van der Waals surface area contributed by atoms with Gasteiger partial charge >= 0.3 is 5.97 Å². The molecular formula is C14H15N3O3S. The second kappa shape index (κ2) is 5.33. The van der Waals surface area contributed by atoms with Crippen molar-refractivity contribution < 1.29 is 9.53 Å². The van der Waals surface area contributed by atoms with E-state index in [1.54, 1.807) is 11.3 Å². The SMILES string of the molecule is CCCc1nn(CC(=O)OC)c(=O)c2cc3ccsc3n12. The van der Waals surface area contributed by atoms with E-state index in [4.69, 9.17) is 0 Å². The molecule has 0 aliphatic heterocycles. The summed E-state index contributed by atoms with van der Waals surface area (Å²) in [5.74, 6) is 0.304. The van der Waals surface area contributed by atoms with E-state index in [9.17, 15) is 9.59 Å². The number of esters is 1. The number of nitrogens with zero attached hydrogens (tertiary/aromatic N) is 3. The summed E-state index contributed by atoms with van der Waals surface area (Å²) in [6.07, 6.45) is 1.64. The van der Waals surface area contributed by atoms with Crippen LogP contribution in [0.25, 0.3) is 15.7 Å². The average molecular weight is 305 g/mol. The number of methoxy groups -OCH3 is 1. The second-order valence-electron chi connectivity index (χ2n) is 4.75. The fourth-order valence-electron chi connectivity index (χ4n) is 2.38. The third-order valence-electron chi connectivity index (χ3n) is 3.34.